The summed E-state index contributed by atoms with van der Waals surface area (Å²) in [5.74, 6) is 2.87. The molecule has 0 bridgehead atoms. The first-order valence-corrected chi connectivity index (χ1v) is 14.1. The molecule has 0 unspecified atom stereocenters. The summed E-state index contributed by atoms with van der Waals surface area (Å²) in [7, 11) is 1.00. The summed E-state index contributed by atoms with van der Waals surface area (Å²) >= 11 is 5.75. The number of aliphatic hydroxyl groups is 1. The molecule has 0 saturated carbocycles. The first kappa shape index (κ1) is 34.3. The van der Waals surface area contributed by atoms with Crippen LogP contribution >= 0.6 is 11.6 Å². The summed E-state index contributed by atoms with van der Waals surface area (Å²) in [6.07, 6.45) is 9.35. The maximum absolute atomic E-state index is 11.7. The fraction of sp³-hybridized carbons (Fsp3) is 0.615. The van der Waals surface area contributed by atoms with E-state index in [9.17, 15) is 9.59 Å². The number of imidazole rings is 2. The Kier molecular flexibility index (Phi) is 14.1. The molecule has 0 aromatic carbocycles. The van der Waals surface area contributed by atoms with E-state index < -0.39 is 0 Å². The SMILES string of the molecule is C1CCOC1.CO.Cc1nn2c(C3CCOCC3)ncc2c(=O)[nH]1.O=c1[nH]c(Cl)nn2c(C3CCOCC3)ncc12.[H-].[Na+]. The number of nitrogens with one attached hydrogen (secondary N) is 2. The number of hydrogen-bond donors (Lipinski definition) is 3. The zero-order valence-corrected chi connectivity index (χ0v) is 27.1. The van der Waals surface area contributed by atoms with E-state index in [0.717, 1.165) is 84.1 Å². The smallest absolute Gasteiger partial charge is 1.00 e. The molecule has 4 aromatic rings. The van der Waals surface area contributed by atoms with Crippen molar-refractivity contribution in [1.82, 2.24) is 39.2 Å². The second kappa shape index (κ2) is 17.2. The summed E-state index contributed by atoms with van der Waals surface area (Å²) in [4.78, 5) is 37.1. The quantitative estimate of drug-likeness (QED) is 0.240. The van der Waals surface area contributed by atoms with Crippen LogP contribution in [0.3, 0.4) is 0 Å². The van der Waals surface area contributed by atoms with Gasteiger partial charge in [0.2, 0.25) is 5.28 Å². The van der Waals surface area contributed by atoms with Crippen LogP contribution in [0.1, 0.15) is 69.3 Å². The van der Waals surface area contributed by atoms with Gasteiger partial charge in [0.15, 0.2) is 11.0 Å². The first-order chi connectivity index (χ1) is 20.0. The molecule has 42 heavy (non-hydrogen) atoms. The molecule has 16 heteroatoms. The summed E-state index contributed by atoms with van der Waals surface area (Å²) in [5, 5.41) is 15.5. The maximum Gasteiger partial charge on any atom is 1.00 e. The van der Waals surface area contributed by atoms with E-state index in [0.29, 0.717) is 22.8 Å². The number of fused-ring (bicyclic) bond motifs is 2. The number of rotatable bonds is 2. The van der Waals surface area contributed by atoms with Gasteiger partial charge in [-0.3, -0.25) is 14.6 Å². The monoisotopic (exact) mass is 616 g/mol. The first-order valence-electron chi connectivity index (χ1n) is 13.8. The van der Waals surface area contributed by atoms with Crippen LogP contribution in [-0.4, -0.2) is 91.0 Å². The third-order valence-electron chi connectivity index (χ3n) is 6.94. The van der Waals surface area contributed by atoms with Crippen molar-refractivity contribution in [3.63, 3.8) is 0 Å². The molecule has 0 aliphatic carbocycles. The summed E-state index contributed by atoms with van der Waals surface area (Å²) in [5.41, 5.74) is 0.534. The Balaban J connectivity index is 0.000000237. The van der Waals surface area contributed by atoms with Gasteiger partial charge in [-0.05, 0) is 57.0 Å². The van der Waals surface area contributed by atoms with Crippen LogP contribution in [-0.2, 0) is 14.2 Å². The Bertz CT molecular complexity index is 1400. The van der Waals surface area contributed by atoms with Gasteiger partial charge in [0.05, 0.1) is 12.4 Å². The van der Waals surface area contributed by atoms with Crippen molar-refractivity contribution in [3.8, 4) is 0 Å². The molecule has 3 N–H and O–H groups in total. The average molecular weight is 617 g/mol. The van der Waals surface area contributed by atoms with E-state index in [-0.39, 0.29) is 53.3 Å². The Morgan fingerprint density at radius 2 is 1.21 bits per heavy atom. The molecule has 226 valence electrons. The van der Waals surface area contributed by atoms with Gasteiger partial charge in [0.25, 0.3) is 11.1 Å². The number of aryl methyl sites for hydroxylation is 1. The van der Waals surface area contributed by atoms with Gasteiger partial charge in [0, 0.05) is 58.6 Å². The van der Waals surface area contributed by atoms with E-state index in [1.165, 1.54) is 23.6 Å². The third-order valence-corrected chi connectivity index (χ3v) is 7.11. The standard InChI is InChI=1S/C11H14N4O2.C10H11ClN4O2.C4H8O.CH4O.Na.H/c1-7-13-11(16)9-6-12-10(15(9)14-7)8-2-4-17-5-3-8;11-10-13-9(16)7-5-12-8(15(7)14-10)6-1-3-17-4-2-6;1-2-4-5-3-1;1-2;;/h6,8H,2-5H2,1H3,(H,13,14,16);5-6H,1-4H2,(H,13,14,16);1-4H2;2H,1H3;;/q;;;;+1;-1. The van der Waals surface area contributed by atoms with Gasteiger partial charge in [-0.1, -0.05) is 0 Å². The fourth-order valence-electron chi connectivity index (χ4n) is 4.89. The molecule has 0 amide bonds. The minimum Gasteiger partial charge on any atom is -1.00 e. The Labute approximate surface area is 270 Å². The number of H-pyrrole nitrogens is 2. The van der Waals surface area contributed by atoms with Crippen LogP contribution in [0.5, 0.6) is 0 Å². The topological polar surface area (TPSA) is 174 Å². The van der Waals surface area contributed by atoms with Crippen LogP contribution in [0.25, 0.3) is 11.0 Å². The Morgan fingerprint density at radius 1 is 0.786 bits per heavy atom. The summed E-state index contributed by atoms with van der Waals surface area (Å²) in [6, 6.07) is 0. The molecule has 14 nitrogen and oxygen atoms in total. The zero-order valence-electron chi connectivity index (χ0n) is 25.3. The molecular weight excluding hydrogens is 579 g/mol. The second-order valence-electron chi connectivity index (χ2n) is 9.70. The predicted molar refractivity (Wildman–Crippen MR) is 152 cm³/mol. The zero-order chi connectivity index (χ0) is 29.2. The fourth-order valence-corrected chi connectivity index (χ4v) is 5.05. The van der Waals surface area contributed by atoms with Crippen molar-refractivity contribution in [2.24, 2.45) is 0 Å². The molecule has 3 aliphatic rings. The van der Waals surface area contributed by atoms with Gasteiger partial charge in [-0.2, -0.15) is 5.10 Å². The average Bonchev–Trinajstić information content (AvgIpc) is 3.78. The van der Waals surface area contributed by atoms with E-state index in [4.69, 9.17) is 30.9 Å². The summed E-state index contributed by atoms with van der Waals surface area (Å²) in [6.45, 7) is 6.71. The Morgan fingerprint density at radius 3 is 1.67 bits per heavy atom. The van der Waals surface area contributed by atoms with Gasteiger partial charge in [0.1, 0.15) is 17.5 Å². The van der Waals surface area contributed by atoms with E-state index in [2.05, 4.69) is 30.1 Å². The summed E-state index contributed by atoms with van der Waals surface area (Å²) < 4.78 is 18.8. The molecule has 3 aliphatic heterocycles. The number of aliphatic hydroxyl groups excluding tert-OH is 1. The number of aromatic amines is 2. The second-order valence-corrected chi connectivity index (χ2v) is 10.1. The third kappa shape index (κ3) is 8.69. The number of nitrogens with zero attached hydrogens (tertiary/aromatic N) is 6. The molecule has 0 spiro atoms. The number of ether oxygens (including phenoxy) is 3. The van der Waals surface area contributed by atoms with Gasteiger partial charge < -0.3 is 25.7 Å². The minimum atomic E-state index is -0.268. The van der Waals surface area contributed by atoms with Crippen molar-refractivity contribution in [2.45, 2.75) is 57.3 Å². The maximum atomic E-state index is 11.7. The van der Waals surface area contributed by atoms with E-state index in [1.54, 1.807) is 17.6 Å². The van der Waals surface area contributed by atoms with E-state index in [1.807, 2.05) is 0 Å². The van der Waals surface area contributed by atoms with Crippen molar-refractivity contribution in [2.75, 3.05) is 46.8 Å². The van der Waals surface area contributed by atoms with Gasteiger partial charge >= 0.3 is 29.6 Å². The van der Waals surface area contributed by atoms with Gasteiger partial charge in [-0.15, -0.1) is 5.10 Å². The van der Waals surface area contributed by atoms with Crippen LogP contribution < -0.4 is 40.7 Å². The molecule has 4 aromatic heterocycles. The number of aromatic nitrogens is 8. The van der Waals surface area contributed by atoms with Crippen LogP contribution in [0.15, 0.2) is 22.0 Å². The Hall–Kier alpha value is -2.17. The number of halogens is 1. The van der Waals surface area contributed by atoms with Crippen LogP contribution in [0.4, 0.5) is 0 Å². The molecule has 7 heterocycles. The van der Waals surface area contributed by atoms with Crippen LogP contribution in [0.2, 0.25) is 5.28 Å². The van der Waals surface area contributed by atoms with Crippen molar-refractivity contribution in [3.05, 3.63) is 55.9 Å². The predicted octanol–water partition coefficient (Wildman–Crippen LogP) is -0.893. The van der Waals surface area contributed by atoms with E-state index >= 15 is 0 Å². The molecule has 0 atom stereocenters. The molecule has 3 saturated heterocycles. The van der Waals surface area contributed by atoms with Crippen LogP contribution in [0, 0.1) is 6.92 Å². The van der Waals surface area contributed by atoms with Gasteiger partial charge in [-0.25, -0.2) is 19.0 Å². The number of hydrogen-bond acceptors (Lipinski definition) is 10. The molecular formula is C26H38ClN8NaO6. The molecule has 7 rings (SSSR count). The van der Waals surface area contributed by atoms with Crippen molar-refractivity contribution < 1.29 is 50.3 Å². The van der Waals surface area contributed by atoms with Crippen molar-refractivity contribution >= 4 is 22.6 Å². The largest absolute Gasteiger partial charge is 1.00 e. The molecule has 3 fully saturated rings. The minimum absolute atomic E-state index is 0. The van der Waals surface area contributed by atoms with Crippen molar-refractivity contribution in [1.29, 1.82) is 0 Å². The normalized spacial score (nSPS) is 17.3. The molecule has 0 radical (unpaired) electrons.